The molecule has 0 aliphatic carbocycles. The molecule has 41 heavy (non-hydrogen) atoms. The van der Waals surface area contributed by atoms with E-state index in [4.69, 9.17) is 10.1 Å². The van der Waals surface area contributed by atoms with Crippen molar-refractivity contribution >= 4 is 0 Å². The summed E-state index contributed by atoms with van der Waals surface area (Å²) in [5, 5.41) is 9.75. The van der Waals surface area contributed by atoms with E-state index in [1.54, 1.807) is 17.1 Å². The van der Waals surface area contributed by atoms with Crippen LogP contribution < -0.4 is 0 Å². The zero-order valence-corrected chi connectivity index (χ0v) is 22.2. The first-order chi connectivity index (χ1) is 20.3. The Bertz CT molecular complexity index is 1770. The Kier molecular flexibility index (Phi) is 6.26. The Morgan fingerprint density at radius 1 is 0.561 bits per heavy atom. The number of hydrogen-bond acceptors (Lipinski definition) is 4. The molecule has 0 N–H and O–H groups in total. The molecule has 0 unspecified atom stereocenters. The van der Waals surface area contributed by atoms with Crippen LogP contribution in [0.3, 0.4) is 0 Å². The molecule has 0 amide bonds. The van der Waals surface area contributed by atoms with E-state index in [9.17, 15) is 0 Å². The van der Waals surface area contributed by atoms with Crippen molar-refractivity contribution in [2.24, 2.45) is 0 Å². The second-order valence-electron chi connectivity index (χ2n) is 9.71. The van der Waals surface area contributed by atoms with E-state index < -0.39 is 5.54 Å². The molecular formula is C35H26N6. The molecule has 6 nitrogen and oxygen atoms in total. The van der Waals surface area contributed by atoms with Gasteiger partial charge in [-0.3, -0.25) is 9.67 Å². The first kappa shape index (κ1) is 24.4. The molecule has 7 rings (SSSR count). The van der Waals surface area contributed by atoms with Crippen molar-refractivity contribution in [2.45, 2.75) is 5.54 Å². The number of rotatable bonds is 7. The first-order valence-corrected chi connectivity index (χ1v) is 13.5. The van der Waals surface area contributed by atoms with Crippen LogP contribution in [0.1, 0.15) is 16.7 Å². The summed E-state index contributed by atoms with van der Waals surface area (Å²) < 4.78 is 3.86. The molecule has 4 heterocycles. The van der Waals surface area contributed by atoms with Gasteiger partial charge < -0.3 is 0 Å². The van der Waals surface area contributed by atoms with Crippen LogP contribution in [0.4, 0.5) is 0 Å². The van der Waals surface area contributed by atoms with Crippen LogP contribution in [0.2, 0.25) is 0 Å². The average Bonchev–Trinajstić information content (AvgIpc) is 3.76. The lowest BCUT2D eigenvalue weighted by Crippen LogP contribution is -2.38. The zero-order valence-electron chi connectivity index (χ0n) is 22.2. The van der Waals surface area contributed by atoms with Gasteiger partial charge in [0.25, 0.3) is 0 Å². The lowest BCUT2D eigenvalue weighted by molar-refractivity contribution is 0.461. The van der Waals surface area contributed by atoms with Crippen LogP contribution in [-0.4, -0.2) is 29.5 Å². The predicted octanol–water partition coefficient (Wildman–Crippen LogP) is 7.03. The van der Waals surface area contributed by atoms with E-state index in [0.29, 0.717) is 0 Å². The molecule has 0 saturated carbocycles. The van der Waals surface area contributed by atoms with Gasteiger partial charge in [0.2, 0.25) is 0 Å². The number of benzene rings is 3. The predicted molar refractivity (Wildman–Crippen MR) is 160 cm³/mol. The fourth-order valence-corrected chi connectivity index (χ4v) is 5.50. The minimum Gasteiger partial charge on any atom is -0.255 e. The molecule has 0 saturated heterocycles. The Balaban J connectivity index is 1.55. The largest absolute Gasteiger partial charge is 0.255 e. The van der Waals surface area contributed by atoms with Gasteiger partial charge in [-0.05, 0) is 52.6 Å². The van der Waals surface area contributed by atoms with Gasteiger partial charge >= 0.3 is 0 Å². The van der Waals surface area contributed by atoms with Crippen molar-refractivity contribution in [1.82, 2.24) is 29.5 Å². The fourth-order valence-electron chi connectivity index (χ4n) is 5.50. The first-order valence-electron chi connectivity index (χ1n) is 13.5. The van der Waals surface area contributed by atoms with Gasteiger partial charge in [0.05, 0.1) is 5.69 Å². The Morgan fingerprint density at radius 2 is 1.20 bits per heavy atom. The molecule has 0 aliphatic heterocycles. The van der Waals surface area contributed by atoms with E-state index in [-0.39, 0.29) is 0 Å². The highest BCUT2D eigenvalue weighted by molar-refractivity contribution is 5.79. The summed E-state index contributed by atoms with van der Waals surface area (Å²) in [6.07, 6.45) is 9.39. The highest BCUT2D eigenvalue weighted by Gasteiger charge is 2.40. The van der Waals surface area contributed by atoms with Crippen molar-refractivity contribution < 1.29 is 0 Å². The molecule has 4 aromatic heterocycles. The topological polar surface area (TPSA) is 61.4 Å². The SMILES string of the molecule is c1ccc(C(c2ccccc2)(c2ccccc2)n2cc(-c3ccnc(-n4cccn4)c3)c(-c3ccccn3)n2)cc1. The van der Waals surface area contributed by atoms with Crippen molar-refractivity contribution in [1.29, 1.82) is 0 Å². The van der Waals surface area contributed by atoms with Crippen LogP contribution in [0.15, 0.2) is 158 Å². The number of pyridine rings is 2. The second-order valence-corrected chi connectivity index (χ2v) is 9.71. The summed E-state index contributed by atoms with van der Waals surface area (Å²) in [6, 6.07) is 43.5. The van der Waals surface area contributed by atoms with E-state index in [1.807, 2.05) is 67.0 Å². The highest BCUT2D eigenvalue weighted by Crippen LogP contribution is 2.43. The molecule has 6 heteroatoms. The highest BCUT2D eigenvalue weighted by atomic mass is 15.3. The maximum absolute atomic E-state index is 5.36. The van der Waals surface area contributed by atoms with E-state index in [1.165, 1.54) is 0 Å². The molecule has 0 radical (unpaired) electrons. The zero-order chi connectivity index (χ0) is 27.5. The van der Waals surface area contributed by atoms with Crippen LogP contribution >= 0.6 is 0 Å². The Morgan fingerprint density at radius 3 is 1.76 bits per heavy atom. The standard InChI is InChI=1S/C35H26N6/c1-4-13-28(14-5-1)35(29-15-6-2-7-16-29,30-17-8-3-9-18-30)41-26-31(34(39-41)32-19-10-11-21-36-32)27-20-23-37-33(25-27)40-24-12-22-38-40/h1-26H. The molecule has 0 bridgehead atoms. The molecular weight excluding hydrogens is 504 g/mol. The van der Waals surface area contributed by atoms with Gasteiger partial charge in [0.15, 0.2) is 5.82 Å². The average molecular weight is 531 g/mol. The maximum atomic E-state index is 5.36. The molecule has 196 valence electrons. The summed E-state index contributed by atoms with van der Waals surface area (Å²) >= 11 is 0. The van der Waals surface area contributed by atoms with Gasteiger partial charge in [-0.1, -0.05) is 97.1 Å². The van der Waals surface area contributed by atoms with Crippen molar-refractivity contribution in [3.05, 3.63) is 175 Å². The van der Waals surface area contributed by atoms with Gasteiger partial charge in [-0.25, -0.2) is 9.67 Å². The van der Waals surface area contributed by atoms with Gasteiger partial charge in [-0.15, -0.1) is 0 Å². The third-order valence-corrected chi connectivity index (χ3v) is 7.34. The monoisotopic (exact) mass is 530 g/mol. The number of aromatic nitrogens is 6. The smallest absolute Gasteiger partial charge is 0.153 e. The third-order valence-electron chi connectivity index (χ3n) is 7.34. The fraction of sp³-hybridized carbons (Fsp3) is 0.0286. The van der Waals surface area contributed by atoms with Gasteiger partial charge in [0, 0.05) is 36.5 Å². The van der Waals surface area contributed by atoms with E-state index in [0.717, 1.165) is 45.0 Å². The quantitative estimate of drug-likeness (QED) is 0.208. The number of nitrogens with zero attached hydrogens (tertiary/aromatic N) is 6. The van der Waals surface area contributed by atoms with Crippen molar-refractivity contribution in [3.8, 4) is 28.3 Å². The molecule has 0 spiro atoms. The van der Waals surface area contributed by atoms with Crippen LogP contribution in [0.25, 0.3) is 28.3 Å². The van der Waals surface area contributed by atoms with Gasteiger partial charge in [0.1, 0.15) is 11.2 Å². The van der Waals surface area contributed by atoms with Crippen LogP contribution in [0.5, 0.6) is 0 Å². The number of hydrogen-bond donors (Lipinski definition) is 0. The molecule has 7 aromatic rings. The summed E-state index contributed by atoms with van der Waals surface area (Å²) in [7, 11) is 0. The normalized spacial score (nSPS) is 11.4. The molecule has 0 fully saturated rings. The van der Waals surface area contributed by atoms with Crippen LogP contribution in [0, 0.1) is 0 Å². The van der Waals surface area contributed by atoms with Gasteiger partial charge in [-0.2, -0.15) is 10.2 Å². The minimum atomic E-state index is -0.747. The third kappa shape index (κ3) is 4.32. The summed E-state index contributed by atoms with van der Waals surface area (Å²) in [5.74, 6) is 0.729. The molecule has 0 aliphatic rings. The van der Waals surface area contributed by atoms with Crippen molar-refractivity contribution in [2.75, 3.05) is 0 Å². The summed E-state index contributed by atoms with van der Waals surface area (Å²) in [5.41, 5.74) is 6.07. The Hall–Kier alpha value is -5.62. The second kappa shape index (κ2) is 10.5. The van der Waals surface area contributed by atoms with E-state index >= 15 is 0 Å². The lowest BCUT2D eigenvalue weighted by atomic mass is 9.77. The minimum absolute atomic E-state index is 0.729. The molecule has 3 aromatic carbocycles. The lowest BCUT2D eigenvalue weighted by Gasteiger charge is -2.36. The maximum Gasteiger partial charge on any atom is 0.153 e. The summed E-state index contributed by atoms with van der Waals surface area (Å²) in [6.45, 7) is 0. The van der Waals surface area contributed by atoms with Crippen LogP contribution in [-0.2, 0) is 5.54 Å². The Labute approximate surface area is 238 Å². The van der Waals surface area contributed by atoms with E-state index in [2.05, 4.69) is 93.8 Å². The van der Waals surface area contributed by atoms with Crippen molar-refractivity contribution in [3.63, 3.8) is 0 Å². The summed E-state index contributed by atoms with van der Waals surface area (Å²) in [4.78, 5) is 9.28. The molecule has 0 atom stereocenters.